The number of nitrogens with one attached hydrogen (secondary N) is 2. The molecule has 0 saturated carbocycles. The standard InChI is InChI=1S/C22H28N4O/c1-16-21(20-9-10-23-13-18(20)14-24-16)15-25-22(27)17-5-7-19(8-6-17)26-11-3-2-4-12-26/h5-8,14,23H,2-4,9-13,15H2,1H3,(H,25,27). The van der Waals surface area contributed by atoms with Gasteiger partial charge in [0.2, 0.25) is 0 Å². The van der Waals surface area contributed by atoms with Crippen LogP contribution in [0.1, 0.15) is 52.0 Å². The number of fused-ring (bicyclic) bond motifs is 1. The van der Waals surface area contributed by atoms with Crippen molar-refractivity contribution < 1.29 is 4.79 Å². The molecule has 0 bridgehead atoms. The Kier molecular flexibility index (Phi) is 5.39. The number of aromatic nitrogens is 1. The average molecular weight is 364 g/mol. The molecule has 3 heterocycles. The van der Waals surface area contributed by atoms with Gasteiger partial charge in [-0.05, 0) is 80.1 Å². The predicted octanol–water partition coefficient (Wildman–Crippen LogP) is 2.96. The summed E-state index contributed by atoms with van der Waals surface area (Å²) in [6.07, 6.45) is 6.79. The summed E-state index contributed by atoms with van der Waals surface area (Å²) < 4.78 is 0. The van der Waals surface area contributed by atoms with Crippen LogP contribution in [0.3, 0.4) is 0 Å². The van der Waals surface area contributed by atoms with Gasteiger partial charge in [0.05, 0.1) is 0 Å². The predicted molar refractivity (Wildman–Crippen MR) is 108 cm³/mol. The molecule has 0 atom stereocenters. The Labute approximate surface area is 161 Å². The number of piperidine rings is 1. The molecule has 2 aliphatic rings. The van der Waals surface area contributed by atoms with Gasteiger partial charge in [0, 0.05) is 49.3 Å². The fraction of sp³-hybridized carbons (Fsp3) is 0.455. The SMILES string of the molecule is Cc1ncc2c(c1CNC(=O)c1ccc(N3CCCCC3)cc1)CCNC2. The molecule has 1 amide bonds. The number of aryl methyl sites for hydroxylation is 1. The maximum Gasteiger partial charge on any atom is 0.251 e. The van der Waals surface area contributed by atoms with Crippen molar-refractivity contribution in [2.24, 2.45) is 0 Å². The lowest BCUT2D eigenvalue weighted by Gasteiger charge is -2.28. The van der Waals surface area contributed by atoms with Crippen LogP contribution in [0.4, 0.5) is 5.69 Å². The number of anilines is 1. The van der Waals surface area contributed by atoms with E-state index >= 15 is 0 Å². The molecule has 5 heteroatoms. The molecule has 1 aromatic heterocycles. The van der Waals surface area contributed by atoms with Gasteiger partial charge >= 0.3 is 0 Å². The van der Waals surface area contributed by atoms with Crippen molar-refractivity contribution in [2.45, 2.75) is 45.7 Å². The summed E-state index contributed by atoms with van der Waals surface area (Å²) in [5.74, 6) is -0.0221. The second-order valence-electron chi connectivity index (χ2n) is 7.53. The summed E-state index contributed by atoms with van der Waals surface area (Å²) in [6.45, 7) is 6.64. The van der Waals surface area contributed by atoms with E-state index in [9.17, 15) is 4.79 Å². The van der Waals surface area contributed by atoms with Gasteiger partial charge in [0.15, 0.2) is 0 Å². The van der Waals surface area contributed by atoms with Crippen LogP contribution in [0.25, 0.3) is 0 Å². The molecule has 1 saturated heterocycles. The molecule has 0 aliphatic carbocycles. The summed E-state index contributed by atoms with van der Waals surface area (Å²) in [7, 11) is 0. The summed E-state index contributed by atoms with van der Waals surface area (Å²) in [5, 5.41) is 6.47. The Balaban J connectivity index is 1.42. The number of carbonyl (C=O) groups excluding carboxylic acids is 1. The number of hydrogen-bond donors (Lipinski definition) is 2. The van der Waals surface area contributed by atoms with E-state index in [1.807, 2.05) is 25.3 Å². The summed E-state index contributed by atoms with van der Waals surface area (Å²) in [4.78, 5) is 19.5. The van der Waals surface area contributed by atoms with Gasteiger partial charge in [-0.3, -0.25) is 9.78 Å². The van der Waals surface area contributed by atoms with E-state index < -0.39 is 0 Å². The Hall–Kier alpha value is -2.40. The first kappa shape index (κ1) is 18.0. The highest BCUT2D eigenvalue weighted by Gasteiger charge is 2.17. The van der Waals surface area contributed by atoms with E-state index in [0.29, 0.717) is 12.1 Å². The largest absolute Gasteiger partial charge is 0.372 e. The van der Waals surface area contributed by atoms with Crippen LogP contribution in [0.5, 0.6) is 0 Å². The molecule has 4 rings (SSSR count). The highest BCUT2D eigenvalue weighted by molar-refractivity contribution is 5.94. The molecule has 1 fully saturated rings. The Bertz CT molecular complexity index is 810. The first-order valence-electron chi connectivity index (χ1n) is 10.0. The third-order valence-electron chi connectivity index (χ3n) is 5.75. The summed E-state index contributed by atoms with van der Waals surface area (Å²) in [5.41, 5.74) is 6.72. The van der Waals surface area contributed by atoms with Crippen LogP contribution < -0.4 is 15.5 Å². The minimum atomic E-state index is -0.0221. The van der Waals surface area contributed by atoms with Crippen LogP contribution in [-0.4, -0.2) is 30.5 Å². The maximum atomic E-state index is 12.6. The maximum absolute atomic E-state index is 12.6. The van der Waals surface area contributed by atoms with E-state index in [-0.39, 0.29) is 5.91 Å². The number of nitrogens with zero attached hydrogens (tertiary/aromatic N) is 2. The molecule has 2 aliphatic heterocycles. The van der Waals surface area contributed by atoms with Crippen molar-refractivity contribution in [3.05, 3.63) is 58.4 Å². The highest BCUT2D eigenvalue weighted by atomic mass is 16.1. The Morgan fingerprint density at radius 2 is 1.96 bits per heavy atom. The van der Waals surface area contributed by atoms with Crippen LogP contribution in [-0.2, 0) is 19.5 Å². The quantitative estimate of drug-likeness (QED) is 0.876. The third kappa shape index (κ3) is 3.98. The smallest absolute Gasteiger partial charge is 0.251 e. The first-order valence-corrected chi connectivity index (χ1v) is 10.0. The zero-order valence-corrected chi connectivity index (χ0v) is 16.1. The lowest BCUT2D eigenvalue weighted by molar-refractivity contribution is 0.0950. The van der Waals surface area contributed by atoms with E-state index in [0.717, 1.165) is 38.3 Å². The first-order chi connectivity index (χ1) is 13.2. The number of pyridine rings is 1. The molecular weight excluding hydrogens is 336 g/mol. The Morgan fingerprint density at radius 1 is 1.19 bits per heavy atom. The van der Waals surface area contributed by atoms with Gasteiger partial charge in [-0.15, -0.1) is 0 Å². The molecule has 27 heavy (non-hydrogen) atoms. The molecule has 0 spiro atoms. The number of amides is 1. The van der Waals surface area contributed by atoms with Gasteiger partial charge in [0.25, 0.3) is 5.91 Å². The Morgan fingerprint density at radius 3 is 2.74 bits per heavy atom. The number of rotatable bonds is 4. The normalized spacial score (nSPS) is 16.7. The van der Waals surface area contributed by atoms with Gasteiger partial charge in [-0.2, -0.15) is 0 Å². The summed E-state index contributed by atoms with van der Waals surface area (Å²) >= 11 is 0. The van der Waals surface area contributed by atoms with Crippen LogP contribution >= 0.6 is 0 Å². The molecule has 5 nitrogen and oxygen atoms in total. The molecule has 2 N–H and O–H groups in total. The van der Waals surface area contributed by atoms with Gasteiger partial charge in [0.1, 0.15) is 0 Å². The minimum Gasteiger partial charge on any atom is -0.372 e. The van der Waals surface area contributed by atoms with Crippen molar-refractivity contribution in [1.82, 2.24) is 15.6 Å². The molecular formula is C22H28N4O. The van der Waals surface area contributed by atoms with E-state index in [1.54, 1.807) is 0 Å². The van der Waals surface area contributed by atoms with E-state index in [2.05, 4.69) is 32.7 Å². The number of carbonyl (C=O) groups is 1. The van der Waals surface area contributed by atoms with Crippen molar-refractivity contribution >= 4 is 11.6 Å². The fourth-order valence-electron chi connectivity index (χ4n) is 4.12. The van der Waals surface area contributed by atoms with Crippen molar-refractivity contribution in [3.8, 4) is 0 Å². The molecule has 142 valence electrons. The minimum absolute atomic E-state index is 0.0221. The molecule has 0 unspecified atom stereocenters. The lowest BCUT2D eigenvalue weighted by atomic mass is 9.96. The van der Waals surface area contributed by atoms with Crippen LogP contribution in [0.15, 0.2) is 30.5 Å². The topological polar surface area (TPSA) is 57.3 Å². The lowest BCUT2D eigenvalue weighted by Crippen LogP contribution is -2.30. The van der Waals surface area contributed by atoms with Crippen molar-refractivity contribution in [3.63, 3.8) is 0 Å². The number of hydrogen-bond acceptors (Lipinski definition) is 4. The zero-order chi connectivity index (χ0) is 18.6. The van der Waals surface area contributed by atoms with Crippen LogP contribution in [0.2, 0.25) is 0 Å². The second kappa shape index (κ2) is 8.09. The van der Waals surface area contributed by atoms with Crippen molar-refractivity contribution in [2.75, 3.05) is 24.5 Å². The number of benzene rings is 1. The van der Waals surface area contributed by atoms with E-state index in [4.69, 9.17) is 0 Å². The van der Waals surface area contributed by atoms with Crippen molar-refractivity contribution in [1.29, 1.82) is 0 Å². The zero-order valence-electron chi connectivity index (χ0n) is 16.1. The average Bonchev–Trinajstić information content (AvgIpc) is 2.73. The molecule has 2 aromatic rings. The summed E-state index contributed by atoms with van der Waals surface area (Å²) in [6, 6.07) is 8.02. The van der Waals surface area contributed by atoms with E-state index in [1.165, 1.54) is 41.6 Å². The van der Waals surface area contributed by atoms with Gasteiger partial charge < -0.3 is 15.5 Å². The van der Waals surface area contributed by atoms with Crippen LogP contribution in [0, 0.1) is 6.92 Å². The second-order valence-corrected chi connectivity index (χ2v) is 7.53. The third-order valence-corrected chi connectivity index (χ3v) is 5.75. The molecule has 0 radical (unpaired) electrons. The van der Waals surface area contributed by atoms with Gasteiger partial charge in [-0.25, -0.2) is 0 Å². The fourth-order valence-corrected chi connectivity index (χ4v) is 4.12. The van der Waals surface area contributed by atoms with Gasteiger partial charge in [-0.1, -0.05) is 0 Å². The molecule has 1 aromatic carbocycles. The highest BCUT2D eigenvalue weighted by Crippen LogP contribution is 2.22. The monoisotopic (exact) mass is 364 g/mol.